The van der Waals surface area contributed by atoms with Crippen molar-refractivity contribution in [3.05, 3.63) is 22.9 Å². The first-order valence-electron chi connectivity index (χ1n) is 4.22. The summed E-state index contributed by atoms with van der Waals surface area (Å²) >= 11 is 11.2. The molecule has 0 bridgehead atoms. The molecule has 0 radical (unpaired) electrons. The predicted molar refractivity (Wildman–Crippen MR) is 56.7 cm³/mol. The summed E-state index contributed by atoms with van der Waals surface area (Å²) in [6.07, 6.45) is 5.66. The minimum Gasteiger partial charge on any atom is -0.505 e. The first-order chi connectivity index (χ1) is 6.00. The normalized spacial score (nSPS) is 30.2. The van der Waals surface area contributed by atoms with Crippen LogP contribution in [0.15, 0.2) is 22.9 Å². The van der Waals surface area contributed by atoms with E-state index in [0.29, 0.717) is 16.3 Å². The molecule has 2 unspecified atom stereocenters. The summed E-state index contributed by atoms with van der Waals surface area (Å²) < 4.78 is 5.23. The summed E-state index contributed by atoms with van der Waals surface area (Å²) in [5.41, 5.74) is 0.254. The molecule has 0 N–H and O–H groups in total. The molecule has 13 heavy (non-hydrogen) atoms. The van der Waals surface area contributed by atoms with Crippen molar-refractivity contribution in [2.24, 2.45) is 17.3 Å². The highest BCUT2D eigenvalue weighted by Crippen LogP contribution is 2.60. The first kappa shape index (κ1) is 10.9. The van der Waals surface area contributed by atoms with Crippen LogP contribution in [0, 0.1) is 17.3 Å². The third-order valence-corrected chi connectivity index (χ3v) is 2.98. The van der Waals surface area contributed by atoms with Gasteiger partial charge in [0.25, 0.3) is 0 Å². The van der Waals surface area contributed by atoms with E-state index < -0.39 is 0 Å². The Balaban J connectivity index is 2.61. The molecular formula is C10H14Cl2O. The minimum atomic E-state index is 0.254. The highest BCUT2D eigenvalue weighted by Gasteiger charge is 2.54. The second-order valence-electron chi connectivity index (χ2n) is 3.89. The van der Waals surface area contributed by atoms with Gasteiger partial charge in [-0.2, -0.15) is 0 Å². The Kier molecular flexibility index (Phi) is 3.31. The molecule has 1 rings (SSSR count). The van der Waals surface area contributed by atoms with E-state index in [0.717, 1.165) is 0 Å². The average Bonchev–Trinajstić information content (AvgIpc) is 2.49. The lowest BCUT2D eigenvalue weighted by Gasteiger charge is -1.96. The number of methoxy groups -OCH3 is 1. The molecule has 0 spiro atoms. The molecule has 74 valence electrons. The average molecular weight is 221 g/mol. The SMILES string of the molecule is CO/C=C/C1C(C=C(Cl)Cl)C1(C)C. The molecule has 0 heterocycles. The smallest absolute Gasteiger partial charge is 0.103 e. The van der Waals surface area contributed by atoms with Gasteiger partial charge in [-0.1, -0.05) is 37.0 Å². The highest BCUT2D eigenvalue weighted by atomic mass is 35.5. The van der Waals surface area contributed by atoms with Crippen LogP contribution in [0.3, 0.4) is 0 Å². The van der Waals surface area contributed by atoms with Gasteiger partial charge in [0.1, 0.15) is 4.49 Å². The van der Waals surface area contributed by atoms with Gasteiger partial charge in [0, 0.05) is 0 Å². The van der Waals surface area contributed by atoms with Gasteiger partial charge in [0.05, 0.1) is 13.4 Å². The fraction of sp³-hybridized carbons (Fsp3) is 0.600. The van der Waals surface area contributed by atoms with Gasteiger partial charge in [-0.05, 0) is 29.4 Å². The number of allylic oxidation sites excluding steroid dienone is 2. The topological polar surface area (TPSA) is 9.23 Å². The largest absolute Gasteiger partial charge is 0.505 e. The fourth-order valence-electron chi connectivity index (χ4n) is 1.70. The van der Waals surface area contributed by atoms with Gasteiger partial charge >= 0.3 is 0 Å². The molecular weight excluding hydrogens is 207 g/mol. The maximum Gasteiger partial charge on any atom is 0.103 e. The zero-order chi connectivity index (χ0) is 10.1. The lowest BCUT2D eigenvalue weighted by Crippen LogP contribution is -1.87. The summed E-state index contributed by atoms with van der Waals surface area (Å²) in [6, 6.07) is 0. The number of rotatable bonds is 3. The van der Waals surface area contributed by atoms with Gasteiger partial charge in [-0.3, -0.25) is 0 Å². The van der Waals surface area contributed by atoms with E-state index in [-0.39, 0.29) is 5.41 Å². The van der Waals surface area contributed by atoms with Crippen LogP contribution in [0.5, 0.6) is 0 Å². The van der Waals surface area contributed by atoms with E-state index in [9.17, 15) is 0 Å². The molecule has 0 saturated heterocycles. The van der Waals surface area contributed by atoms with Crippen molar-refractivity contribution in [3.8, 4) is 0 Å². The summed E-state index contributed by atoms with van der Waals surface area (Å²) in [5, 5.41) is 0. The van der Waals surface area contributed by atoms with E-state index in [1.807, 2.05) is 6.08 Å². The Bertz CT molecular complexity index is 239. The summed E-state index contributed by atoms with van der Waals surface area (Å²) in [6.45, 7) is 4.38. The van der Waals surface area contributed by atoms with Crippen molar-refractivity contribution in [2.75, 3.05) is 7.11 Å². The summed E-state index contributed by atoms with van der Waals surface area (Å²) in [7, 11) is 1.64. The van der Waals surface area contributed by atoms with Crippen molar-refractivity contribution in [1.82, 2.24) is 0 Å². The van der Waals surface area contributed by atoms with Gasteiger partial charge in [-0.15, -0.1) is 0 Å². The Morgan fingerprint density at radius 2 is 1.92 bits per heavy atom. The number of hydrogen-bond donors (Lipinski definition) is 0. The number of hydrogen-bond acceptors (Lipinski definition) is 1. The van der Waals surface area contributed by atoms with Crippen molar-refractivity contribution in [3.63, 3.8) is 0 Å². The van der Waals surface area contributed by atoms with Gasteiger partial charge in [-0.25, -0.2) is 0 Å². The molecule has 1 fully saturated rings. The summed E-state index contributed by atoms with van der Waals surface area (Å²) in [5.74, 6) is 0.920. The third kappa shape index (κ3) is 2.41. The second kappa shape index (κ2) is 3.93. The van der Waals surface area contributed by atoms with Crippen LogP contribution >= 0.6 is 23.2 Å². The molecule has 2 atom stereocenters. The van der Waals surface area contributed by atoms with Crippen LogP contribution in [0.1, 0.15) is 13.8 Å². The maximum atomic E-state index is 5.61. The molecule has 0 aromatic carbocycles. The predicted octanol–water partition coefficient (Wildman–Crippen LogP) is 3.74. The molecule has 1 aliphatic carbocycles. The maximum absolute atomic E-state index is 5.61. The van der Waals surface area contributed by atoms with Crippen LogP contribution in [-0.2, 0) is 4.74 Å². The monoisotopic (exact) mass is 220 g/mol. The van der Waals surface area contributed by atoms with E-state index in [2.05, 4.69) is 19.9 Å². The van der Waals surface area contributed by atoms with Crippen LogP contribution in [-0.4, -0.2) is 7.11 Å². The van der Waals surface area contributed by atoms with E-state index >= 15 is 0 Å². The second-order valence-corrected chi connectivity index (χ2v) is 4.90. The van der Waals surface area contributed by atoms with Crippen LogP contribution in [0.25, 0.3) is 0 Å². The minimum absolute atomic E-state index is 0.254. The van der Waals surface area contributed by atoms with Gasteiger partial charge in [0.15, 0.2) is 0 Å². The molecule has 1 aliphatic rings. The van der Waals surface area contributed by atoms with Gasteiger partial charge < -0.3 is 4.74 Å². The molecule has 0 aliphatic heterocycles. The van der Waals surface area contributed by atoms with E-state index in [4.69, 9.17) is 27.9 Å². The Hall–Kier alpha value is -0.140. The lowest BCUT2D eigenvalue weighted by atomic mass is 10.1. The third-order valence-electron chi connectivity index (χ3n) is 2.72. The first-order valence-corrected chi connectivity index (χ1v) is 4.98. The Morgan fingerprint density at radius 1 is 1.31 bits per heavy atom. The number of ether oxygens (including phenoxy) is 1. The number of halogens is 2. The highest BCUT2D eigenvalue weighted by molar-refractivity contribution is 6.55. The van der Waals surface area contributed by atoms with Crippen LogP contribution in [0.4, 0.5) is 0 Å². The molecule has 1 saturated carbocycles. The van der Waals surface area contributed by atoms with Crippen LogP contribution < -0.4 is 0 Å². The van der Waals surface area contributed by atoms with Crippen LogP contribution in [0.2, 0.25) is 0 Å². The molecule has 3 heteroatoms. The fourth-order valence-corrected chi connectivity index (χ4v) is 1.97. The zero-order valence-corrected chi connectivity index (χ0v) is 9.56. The van der Waals surface area contributed by atoms with E-state index in [1.165, 1.54) is 0 Å². The summed E-state index contributed by atoms with van der Waals surface area (Å²) in [4.78, 5) is 0. The molecule has 0 aromatic heterocycles. The van der Waals surface area contributed by atoms with Crippen molar-refractivity contribution in [1.29, 1.82) is 0 Å². The van der Waals surface area contributed by atoms with Crippen molar-refractivity contribution >= 4 is 23.2 Å². The Morgan fingerprint density at radius 3 is 2.38 bits per heavy atom. The lowest BCUT2D eigenvalue weighted by molar-refractivity contribution is 0.335. The quantitative estimate of drug-likeness (QED) is 0.659. The Labute approximate surface area is 89.4 Å². The molecule has 0 aromatic rings. The molecule has 0 amide bonds. The zero-order valence-electron chi connectivity index (χ0n) is 8.05. The van der Waals surface area contributed by atoms with Gasteiger partial charge in [0.2, 0.25) is 0 Å². The van der Waals surface area contributed by atoms with E-state index in [1.54, 1.807) is 13.4 Å². The standard InChI is InChI=1S/C10H14Cl2O/c1-10(2)7(4-5-13-3)8(10)6-9(11)12/h4-8H,1-3H3/b5-4+. The van der Waals surface area contributed by atoms with Crippen molar-refractivity contribution < 1.29 is 4.74 Å². The molecule has 1 nitrogen and oxygen atoms in total. The van der Waals surface area contributed by atoms with Crippen molar-refractivity contribution in [2.45, 2.75) is 13.8 Å².